The summed E-state index contributed by atoms with van der Waals surface area (Å²) < 4.78 is 9.48. The standard InChI is InChI=1S/C10H18O4.C5H8O4/c1-3-13-9(11)7-5-6-8-10(12)14-4-2;6-4(7)2-1-3-5(8)9/h3-8H2,1-2H3;1-3H2,(H,6,7)(H,8,9). The lowest BCUT2D eigenvalue weighted by atomic mass is 10.2. The van der Waals surface area contributed by atoms with Gasteiger partial charge in [-0.3, -0.25) is 19.2 Å². The van der Waals surface area contributed by atoms with E-state index in [0.717, 1.165) is 0 Å². The van der Waals surface area contributed by atoms with Crippen molar-refractivity contribution in [2.24, 2.45) is 0 Å². The van der Waals surface area contributed by atoms with E-state index in [4.69, 9.17) is 19.7 Å². The highest BCUT2D eigenvalue weighted by Gasteiger charge is 2.04. The van der Waals surface area contributed by atoms with E-state index >= 15 is 0 Å². The predicted molar refractivity (Wildman–Crippen MR) is 80.9 cm³/mol. The third-order valence-electron chi connectivity index (χ3n) is 2.40. The van der Waals surface area contributed by atoms with E-state index in [2.05, 4.69) is 0 Å². The Labute approximate surface area is 135 Å². The molecule has 0 aliphatic heterocycles. The molecule has 0 unspecified atom stereocenters. The van der Waals surface area contributed by atoms with E-state index in [1.165, 1.54) is 0 Å². The summed E-state index contributed by atoms with van der Waals surface area (Å²) in [4.78, 5) is 41.3. The second kappa shape index (κ2) is 16.3. The van der Waals surface area contributed by atoms with Crippen LogP contribution in [0, 0.1) is 0 Å². The molecule has 134 valence electrons. The van der Waals surface area contributed by atoms with Crippen LogP contribution < -0.4 is 0 Å². The fourth-order valence-electron chi connectivity index (χ4n) is 1.40. The van der Waals surface area contributed by atoms with E-state index in [9.17, 15) is 19.2 Å². The number of carboxylic acid groups (broad SMARTS) is 2. The monoisotopic (exact) mass is 334 g/mol. The number of rotatable bonds is 11. The average Bonchev–Trinajstić information content (AvgIpc) is 2.44. The first-order valence-electron chi connectivity index (χ1n) is 7.58. The van der Waals surface area contributed by atoms with Gasteiger partial charge in [0.2, 0.25) is 0 Å². The summed E-state index contributed by atoms with van der Waals surface area (Å²) in [5.41, 5.74) is 0. The quantitative estimate of drug-likeness (QED) is 0.434. The Hall–Kier alpha value is -2.12. The van der Waals surface area contributed by atoms with Gasteiger partial charge in [-0.05, 0) is 33.1 Å². The Kier molecular flexibility index (Phi) is 16.4. The highest BCUT2D eigenvalue weighted by Crippen LogP contribution is 2.02. The fraction of sp³-hybridized carbons (Fsp3) is 0.733. The normalized spacial score (nSPS) is 9.30. The summed E-state index contributed by atoms with van der Waals surface area (Å²) >= 11 is 0. The van der Waals surface area contributed by atoms with E-state index in [1.54, 1.807) is 13.8 Å². The lowest BCUT2D eigenvalue weighted by Crippen LogP contribution is -2.06. The number of ether oxygens (including phenoxy) is 2. The first kappa shape index (κ1) is 23.2. The highest BCUT2D eigenvalue weighted by atomic mass is 16.5. The molecule has 0 amide bonds. The second-order valence-corrected chi connectivity index (χ2v) is 4.46. The molecule has 0 spiro atoms. The molecule has 0 saturated carbocycles. The number of hydrogen-bond acceptors (Lipinski definition) is 6. The van der Waals surface area contributed by atoms with Crippen molar-refractivity contribution < 1.29 is 38.9 Å². The SMILES string of the molecule is CCOC(=O)CCCCC(=O)OCC.O=C(O)CCCC(=O)O. The van der Waals surface area contributed by atoms with Crippen LogP contribution in [0.3, 0.4) is 0 Å². The number of esters is 2. The third kappa shape index (κ3) is 22.3. The van der Waals surface area contributed by atoms with Gasteiger partial charge in [-0.15, -0.1) is 0 Å². The molecule has 0 aromatic rings. The molecule has 0 bridgehead atoms. The molecule has 0 saturated heterocycles. The lowest BCUT2D eigenvalue weighted by molar-refractivity contribution is -0.145. The number of carboxylic acids is 2. The largest absolute Gasteiger partial charge is 0.481 e. The van der Waals surface area contributed by atoms with Crippen LogP contribution in [0.4, 0.5) is 0 Å². The number of aliphatic carboxylic acids is 2. The van der Waals surface area contributed by atoms with Crippen LogP contribution in [-0.2, 0) is 28.7 Å². The zero-order valence-electron chi connectivity index (χ0n) is 13.7. The zero-order chi connectivity index (χ0) is 18.1. The van der Waals surface area contributed by atoms with Gasteiger partial charge in [-0.1, -0.05) is 0 Å². The maximum atomic E-state index is 10.9. The summed E-state index contributed by atoms with van der Waals surface area (Å²) in [6.45, 7) is 4.38. The number of hydrogen-bond donors (Lipinski definition) is 2. The van der Waals surface area contributed by atoms with Gasteiger partial charge < -0.3 is 19.7 Å². The molecule has 8 nitrogen and oxygen atoms in total. The molecular weight excluding hydrogens is 308 g/mol. The van der Waals surface area contributed by atoms with Crippen molar-refractivity contribution in [2.75, 3.05) is 13.2 Å². The molecule has 0 rings (SSSR count). The van der Waals surface area contributed by atoms with E-state index in [0.29, 0.717) is 38.9 Å². The summed E-state index contributed by atoms with van der Waals surface area (Å²) in [7, 11) is 0. The minimum atomic E-state index is -0.948. The van der Waals surface area contributed by atoms with Crippen molar-refractivity contribution in [3.63, 3.8) is 0 Å². The van der Waals surface area contributed by atoms with Crippen molar-refractivity contribution in [2.45, 2.75) is 58.8 Å². The molecule has 0 aliphatic carbocycles. The van der Waals surface area contributed by atoms with Gasteiger partial charge in [-0.2, -0.15) is 0 Å². The molecule has 2 N–H and O–H groups in total. The van der Waals surface area contributed by atoms with Gasteiger partial charge in [0.05, 0.1) is 13.2 Å². The van der Waals surface area contributed by atoms with Crippen molar-refractivity contribution in [1.29, 1.82) is 0 Å². The number of unbranched alkanes of at least 4 members (excludes halogenated alkanes) is 1. The molecule has 0 fully saturated rings. The first-order chi connectivity index (χ1) is 10.8. The van der Waals surface area contributed by atoms with Crippen LogP contribution >= 0.6 is 0 Å². The molecular formula is C15H26O8. The molecule has 0 atom stereocenters. The van der Waals surface area contributed by atoms with Crippen molar-refractivity contribution in [3.05, 3.63) is 0 Å². The smallest absolute Gasteiger partial charge is 0.305 e. The zero-order valence-corrected chi connectivity index (χ0v) is 13.7. The minimum absolute atomic E-state index is 0.0632. The Bertz CT molecular complexity index is 330. The Morgan fingerprint density at radius 3 is 1.26 bits per heavy atom. The van der Waals surface area contributed by atoms with Crippen molar-refractivity contribution in [3.8, 4) is 0 Å². The fourth-order valence-corrected chi connectivity index (χ4v) is 1.40. The molecule has 0 heterocycles. The molecule has 0 radical (unpaired) electrons. The Morgan fingerprint density at radius 1 is 0.652 bits per heavy atom. The summed E-state index contributed by atoms with van der Waals surface area (Å²) in [5, 5.41) is 16.1. The highest BCUT2D eigenvalue weighted by molar-refractivity contribution is 5.70. The summed E-state index contributed by atoms with van der Waals surface area (Å²) in [5.74, 6) is -2.29. The first-order valence-corrected chi connectivity index (χ1v) is 7.58. The van der Waals surface area contributed by atoms with Crippen LogP contribution in [0.15, 0.2) is 0 Å². The van der Waals surface area contributed by atoms with Crippen LogP contribution in [0.1, 0.15) is 58.8 Å². The number of carbonyl (C=O) groups is 4. The van der Waals surface area contributed by atoms with Crippen LogP contribution in [-0.4, -0.2) is 47.3 Å². The molecule has 23 heavy (non-hydrogen) atoms. The van der Waals surface area contributed by atoms with Gasteiger partial charge in [0.25, 0.3) is 0 Å². The van der Waals surface area contributed by atoms with Gasteiger partial charge in [0.15, 0.2) is 0 Å². The van der Waals surface area contributed by atoms with Crippen LogP contribution in [0.2, 0.25) is 0 Å². The topological polar surface area (TPSA) is 127 Å². The van der Waals surface area contributed by atoms with Gasteiger partial charge in [0.1, 0.15) is 0 Å². The lowest BCUT2D eigenvalue weighted by Gasteiger charge is -2.02. The van der Waals surface area contributed by atoms with E-state index in [1.807, 2.05) is 0 Å². The van der Waals surface area contributed by atoms with Gasteiger partial charge >= 0.3 is 23.9 Å². The van der Waals surface area contributed by atoms with Gasteiger partial charge in [-0.25, -0.2) is 0 Å². The van der Waals surface area contributed by atoms with Crippen LogP contribution in [0.25, 0.3) is 0 Å². The summed E-state index contributed by atoms with van der Waals surface area (Å²) in [6, 6.07) is 0. The van der Waals surface area contributed by atoms with Gasteiger partial charge in [0, 0.05) is 25.7 Å². The molecule has 0 aromatic heterocycles. The predicted octanol–water partition coefficient (Wildman–Crippen LogP) is 2.00. The molecule has 0 aliphatic rings. The van der Waals surface area contributed by atoms with E-state index in [-0.39, 0.29) is 31.2 Å². The maximum absolute atomic E-state index is 10.9. The van der Waals surface area contributed by atoms with E-state index < -0.39 is 11.9 Å². The van der Waals surface area contributed by atoms with Crippen molar-refractivity contribution >= 4 is 23.9 Å². The van der Waals surface area contributed by atoms with Crippen LogP contribution in [0.5, 0.6) is 0 Å². The summed E-state index contributed by atoms with van der Waals surface area (Å²) in [6.07, 6.45) is 2.21. The third-order valence-corrected chi connectivity index (χ3v) is 2.40. The average molecular weight is 334 g/mol. The molecule has 8 heteroatoms. The molecule has 0 aromatic carbocycles. The number of carbonyl (C=O) groups excluding carboxylic acids is 2. The Morgan fingerprint density at radius 2 is 1.00 bits per heavy atom. The van der Waals surface area contributed by atoms with Crippen molar-refractivity contribution in [1.82, 2.24) is 0 Å². The Balaban J connectivity index is 0. The maximum Gasteiger partial charge on any atom is 0.305 e. The second-order valence-electron chi connectivity index (χ2n) is 4.46. The minimum Gasteiger partial charge on any atom is -0.481 e.